The zero-order valence-electron chi connectivity index (χ0n) is 12.3. The van der Waals surface area contributed by atoms with Crippen molar-refractivity contribution in [3.63, 3.8) is 0 Å². The molecule has 3 rings (SSSR count). The van der Waals surface area contributed by atoms with Crippen LogP contribution in [-0.4, -0.2) is 49.4 Å². The van der Waals surface area contributed by atoms with Crippen LogP contribution in [0.4, 0.5) is 10.1 Å². The number of carbonyl (C=O) groups is 2. The van der Waals surface area contributed by atoms with E-state index in [1.807, 2.05) is 0 Å². The number of amides is 2. The number of likely N-dealkylation sites (N-methyl/N-ethyl adjacent to an activating group) is 1. The van der Waals surface area contributed by atoms with E-state index in [0.717, 1.165) is 0 Å². The monoisotopic (exact) mass is 327 g/mol. The van der Waals surface area contributed by atoms with Crippen LogP contribution in [0.3, 0.4) is 0 Å². The zero-order chi connectivity index (χ0) is 15.0. The van der Waals surface area contributed by atoms with E-state index in [1.54, 1.807) is 25.2 Å². The molecule has 0 saturated carbocycles. The highest BCUT2D eigenvalue weighted by molar-refractivity contribution is 6.01. The first-order valence-electron chi connectivity index (χ1n) is 7.13. The second kappa shape index (κ2) is 6.62. The summed E-state index contributed by atoms with van der Waals surface area (Å²) in [7, 11) is 1.66. The average Bonchev–Trinajstić information content (AvgIpc) is 2.78. The normalized spacial score (nSPS) is 21.3. The third kappa shape index (κ3) is 2.80. The van der Waals surface area contributed by atoms with E-state index in [0.29, 0.717) is 26.1 Å². The molecule has 0 spiro atoms. The number of benzene rings is 1. The second-order valence-electron chi connectivity index (χ2n) is 5.55. The van der Waals surface area contributed by atoms with Gasteiger partial charge >= 0.3 is 0 Å². The van der Waals surface area contributed by atoms with Crippen molar-refractivity contribution in [3.8, 4) is 0 Å². The third-order valence-electron chi connectivity index (χ3n) is 4.27. The Bertz CT molecular complexity index is 580. The minimum absolute atomic E-state index is 0. The molecule has 0 radical (unpaired) electrons. The topological polar surface area (TPSA) is 52.7 Å². The van der Waals surface area contributed by atoms with Gasteiger partial charge in [-0.15, -0.1) is 12.4 Å². The number of nitrogens with zero attached hydrogens (tertiary/aromatic N) is 2. The van der Waals surface area contributed by atoms with Crippen molar-refractivity contribution < 1.29 is 14.0 Å². The van der Waals surface area contributed by atoms with Gasteiger partial charge in [-0.3, -0.25) is 9.59 Å². The molecule has 1 aromatic carbocycles. The van der Waals surface area contributed by atoms with E-state index in [2.05, 4.69) is 5.32 Å². The van der Waals surface area contributed by atoms with E-state index in [9.17, 15) is 14.0 Å². The molecule has 7 heteroatoms. The maximum Gasteiger partial charge on any atom is 0.249 e. The van der Waals surface area contributed by atoms with Crippen molar-refractivity contribution in [2.75, 3.05) is 31.6 Å². The van der Waals surface area contributed by atoms with Gasteiger partial charge in [-0.2, -0.15) is 0 Å². The number of halogens is 2. The molecule has 1 N–H and O–H groups in total. The molecule has 0 bridgehead atoms. The van der Waals surface area contributed by atoms with E-state index in [4.69, 9.17) is 0 Å². The summed E-state index contributed by atoms with van der Waals surface area (Å²) >= 11 is 0. The highest BCUT2D eigenvalue weighted by atomic mass is 35.5. The van der Waals surface area contributed by atoms with E-state index < -0.39 is 11.9 Å². The van der Waals surface area contributed by atoms with Gasteiger partial charge in [0.05, 0.1) is 11.6 Å². The van der Waals surface area contributed by atoms with E-state index in [1.165, 1.54) is 15.9 Å². The summed E-state index contributed by atoms with van der Waals surface area (Å²) in [4.78, 5) is 27.6. The fourth-order valence-electron chi connectivity index (χ4n) is 2.84. The standard InChI is InChI=1S/C15H18FN3O2.ClH/c1-18(14(20)10-8-17-9-10)13-6-7-19(15(13)21)12-5-3-2-4-11(12)16;/h2-5,10,13,17H,6-9H2,1H3;1H. The molecule has 1 unspecified atom stereocenters. The molecule has 2 aliphatic heterocycles. The van der Waals surface area contributed by atoms with Gasteiger partial charge in [0, 0.05) is 26.7 Å². The summed E-state index contributed by atoms with van der Waals surface area (Å²) in [6.45, 7) is 1.77. The number of hydrogen-bond acceptors (Lipinski definition) is 3. The first kappa shape index (κ1) is 16.7. The second-order valence-corrected chi connectivity index (χ2v) is 5.55. The Labute approximate surface area is 134 Å². The maximum absolute atomic E-state index is 13.8. The Morgan fingerprint density at radius 3 is 2.64 bits per heavy atom. The van der Waals surface area contributed by atoms with Gasteiger partial charge in [-0.25, -0.2) is 4.39 Å². The average molecular weight is 328 g/mol. The molecule has 5 nitrogen and oxygen atoms in total. The number of hydrogen-bond donors (Lipinski definition) is 1. The Morgan fingerprint density at radius 2 is 2.05 bits per heavy atom. The van der Waals surface area contributed by atoms with Crippen LogP contribution in [0.15, 0.2) is 24.3 Å². The number of carbonyl (C=O) groups excluding carboxylic acids is 2. The molecule has 1 aromatic rings. The van der Waals surface area contributed by atoms with Gasteiger partial charge in [-0.1, -0.05) is 12.1 Å². The molecule has 0 aromatic heterocycles. The summed E-state index contributed by atoms with van der Waals surface area (Å²) in [5.41, 5.74) is 0.288. The van der Waals surface area contributed by atoms with Gasteiger partial charge in [0.25, 0.3) is 0 Å². The first-order valence-corrected chi connectivity index (χ1v) is 7.13. The van der Waals surface area contributed by atoms with Crippen LogP contribution in [0.5, 0.6) is 0 Å². The van der Waals surface area contributed by atoms with Crippen molar-refractivity contribution in [3.05, 3.63) is 30.1 Å². The number of para-hydroxylation sites is 1. The van der Waals surface area contributed by atoms with E-state index in [-0.39, 0.29) is 35.8 Å². The van der Waals surface area contributed by atoms with Gasteiger partial charge in [-0.05, 0) is 18.6 Å². The molecule has 120 valence electrons. The number of nitrogens with one attached hydrogen (secondary N) is 1. The number of anilines is 1. The highest BCUT2D eigenvalue weighted by Gasteiger charge is 2.40. The lowest BCUT2D eigenvalue weighted by Crippen LogP contribution is -2.54. The fraction of sp³-hybridized carbons (Fsp3) is 0.467. The smallest absolute Gasteiger partial charge is 0.249 e. The van der Waals surface area contributed by atoms with Crippen LogP contribution in [0.2, 0.25) is 0 Å². The lowest BCUT2D eigenvalue weighted by Gasteiger charge is -2.32. The summed E-state index contributed by atoms with van der Waals surface area (Å²) in [6, 6.07) is 5.74. The zero-order valence-corrected chi connectivity index (χ0v) is 13.1. The van der Waals surface area contributed by atoms with Gasteiger partial charge in [0.15, 0.2) is 0 Å². The lowest BCUT2D eigenvalue weighted by atomic mass is 10.0. The predicted octanol–water partition coefficient (Wildman–Crippen LogP) is 1.03. The largest absolute Gasteiger partial charge is 0.333 e. The summed E-state index contributed by atoms with van der Waals surface area (Å²) in [6.07, 6.45) is 0.537. The quantitative estimate of drug-likeness (QED) is 0.902. The summed E-state index contributed by atoms with van der Waals surface area (Å²) < 4.78 is 13.8. The Morgan fingerprint density at radius 1 is 1.36 bits per heavy atom. The SMILES string of the molecule is CN(C(=O)C1CNC1)C1CCN(c2ccccc2F)C1=O.Cl. The molecular formula is C15H19ClFN3O2. The van der Waals surface area contributed by atoms with Crippen molar-refractivity contribution in [2.45, 2.75) is 12.5 Å². The lowest BCUT2D eigenvalue weighted by molar-refractivity contribution is -0.141. The molecule has 2 fully saturated rings. The summed E-state index contributed by atoms with van der Waals surface area (Å²) in [5, 5.41) is 3.05. The Kier molecular flexibility index (Phi) is 5.03. The summed E-state index contributed by atoms with van der Waals surface area (Å²) in [5.74, 6) is -0.667. The minimum Gasteiger partial charge on any atom is -0.333 e. The Balaban J connectivity index is 0.00000176. The van der Waals surface area contributed by atoms with Gasteiger partial charge in [0.1, 0.15) is 11.9 Å². The molecule has 22 heavy (non-hydrogen) atoms. The maximum atomic E-state index is 13.8. The third-order valence-corrected chi connectivity index (χ3v) is 4.27. The Hall–Kier alpha value is -1.66. The molecule has 2 amide bonds. The van der Waals surface area contributed by atoms with Crippen molar-refractivity contribution in [1.29, 1.82) is 0 Å². The van der Waals surface area contributed by atoms with Crippen LogP contribution < -0.4 is 10.2 Å². The van der Waals surface area contributed by atoms with Gasteiger partial charge < -0.3 is 15.1 Å². The highest BCUT2D eigenvalue weighted by Crippen LogP contribution is 2.27. The van der Waals surface area contributed by atoms with Crippen molar-refractivity contribution in [2.24, 2.45) is 5.92 Å². The first-order chi connectivity index (χ1) is 10.1. The van der Waals surface area contributed by atoms with Gasteiger partial charge in [0.2, 0.25) is 11.8 Å². The minimum atomic E-state index is -0.488. The van der Waals surface area contributed by atoms with Crippen LogP contribution in [0.1, 0.15) is 6.42 Å². The van der Waals surface area contributed by atoms with Crippen molar-refractivity contribution >= 4 is 29.9 Å². The molecule has 1 atom stereocenters. The van der Waals surface area contributed by atoms with Crippen LogP contribution in [-0.2, 0) is 9.59 Å². The fourth-order valence-corrected chi connectivity index (χ4v) is 2.84. The van der Waals surface area contributed by atoms with Crippen LogP contribution >= 0.6 is 12.4 Å². The molecular weight excluding hydrogens is 309 g/mol. The van der Waals surface area contributed by atoms with Crippen LogP contribution in [0.25, 0.3) is 0 Å². The van der Waals surface area contributed by atoms with E-state index >= 15 is 0 Å². The van der Waals surface area contributed by atoms with Crippen LogP contribution in [0, 0.1) is 11.7 Å². The molecule has 2 heterocycles. The molecule has 2 saturated heterocycles. The molecule has 0 aliphatic carbocycles. The predicted molar refractivity (Wildman–Crippen MR) is 83.5 cm³/mol. The number of rotatable bonds is 3. The molecule has 2 aliphatic rings. The van der Waals surface area contributed by atoms with Crippen molar-refractivity contribution in [1.82, 2.24) is 10.2 Å².